The summed E-state index contributed by atoms with van der Waals surface area (Å²) in [6, 6.07) is 9.45. The van der Waals surface area contributed by atoms with Gasteiger partial charge in [-0.05, 0) is 44.5 Å². The van der Waals surface area contributed by atoms with Gasteiger partial charge in [-0.3, -0.25) is 0 Å². The summed E-state index contributed by atoms with van der Waals surface area (Å²) < 4.78 is 28.1. The van der Waals surface area contributed by atoms with Crippen molar-refractivity contribution in [1.82, 2.24) is 19.8 Å². The molecule has 1 N–H and O–H groups in total. The minimum Gasteiger partial charge on any atom is -0.360 e. The number of nitrogens with zero attached hydrogens (tertiary/aromatic N) is 3. The van der Waals surface area contributed by atoms with Crippen LogP contribution in [0.15, 0.2) is 41.7 Å². The first kappa shape index (κ1) is 23.3. The molecule has 1 heterocycles. The Labute approximate surface area is 180 Å². The summed E-state index contributed by atoms with van der Waals surface area (Å²) in [6.07, 6.45) is 1.67. The highest BCUT2D eigenvalue weighted by Gasteiger charge is 2.25. The van der Waals surface area contributed by atoms with E-state index in [9.17, 15) is 8.42 Å². The van der Waals surface area contributed by atoms with Crippen molar-refractivity contribution < 1.29 is 8.42 Å². The number of imidazole rings is 1. The standard InChI is InChI=1S/C21H32N4O2S2/c1-6-24(20(28)23-17(4)5)14-19-12-22-21(25(19)13-16(2)3)29(26,27)15-18-10-8-7-9-11-18/h7-12,16-17H,6,13-15H2,1-5H3,(H,23,28). The number of hydrogen-bond acceptors (Lipinski definition) is 4. The Morgan fingerprint density at radius 2 is 1.86 bits per heavy atom. The van der Waals surface area contributed by atoms with Gasteiger partial charge in [0, 0.05) is 19.1 Å². The molecule has 1 aromatic heterocycles. The SMILES string of the molecule is CCN(Cc1cnc(S(=O)(=O)Cc2ccccc2)n1CC(C)C)C(=S)NC(C)C. The fourth-order valence-corrected chi connectivity index (χ4v) is 4.98. The second-order valence-corrected chi connectivity index (χ2v) is 10.2. The average Bonchev–Trinajstić information content (AvgIpc) is 3.02. The molecule has 0 bridgehead atoms. The Balaban J connectivity index is 2.35. The maximum absolute atomic E-state index is 13.1. The van der Waals surface area contributed by atoms with Gasteiger partial charge in [0.1, 0.15) is 0 Å². The molecule has 0 radical (unpaired) electrons. The normalized spacial score (nSPS) is 11.8. The maximum Gasteiger partial charge on any atom is 0.228 e. The molecule has 2 aromatic rings. The van der Waals surface area contributed by atoms with Crippen LogP contribution in [0.5, 0.6) is 0 Å². The van der Waals surface area contributed by atoms with Gasteiger partial charge >= 0.3 is 0 Å². The van der Waals surface area contributed by atoms with Gasteiger partial charge in [-0.25, -0.2) is 13.4 Å². The van der Waals surface area contributed by atoms with Crippen molar-refractivity contribution >= 4 is 27.2 Å². The van der Waals surface area contributed by atoms with E-state index in [0.717, 1.165) is 17.8 Å². The maximum atomic E-state index is 13.1. The van der Waals surface area contributed by atoms with Crippen LogP contribution in [0, 0.1) is 5.92 Å². The summed E-state index contributed by atoms with van der Waals surface area (Å²) in [5, 5.41) is 4.04. The molecule has 1 aromatic carbocycles. The van der Waals surface area contributed by atoms with Crippen LogP contribution >= 0.6 is 12.2 Å². The Morgan fingerprint density at radius 3 is 2.41 bits per heavy atom. The van der Waals surface area contributed by atoms with Gasteiger partial charge in [0.15, 0.2) is 5.11 Å². The number of nitrogens with one attached hydrogen (secondary N) is 1. The largest absolute Gasteiger partial charge is 0.360 e. The van der Waals surface area contributed by atoms with E-state index in [-0.39, 0.29) is 22.9 Å². The highest BCUT2D eigenvalue weighted by Crippen LogP contribution is 2.20. The molecule has 0 aliphatic carbocycles. The van der Waals surface area contributed by atoms with Crippen LogP contribution in [0.2, 0.25) is 0 Å². The van der Waals surface area contributed by atoms with E-state index >= 15 is 0 Å². The number of thiocarbonyl (C=S) groups is 1. The summed E-state index contributed by atoms with van der Waals surface area (Å²) >= 11 is 5.51. The Hall–Kier alpha value is -1.93. The van der Waals surface area contributed by atoms with E-state index in [0.29, 0.717) is 18.2 Å². The van der Waals surface area contributed by atoms with Crippen LogP contribution in [-0.2, 0) is 28.7 Å². The number of hydrogen-bond donors (Lipinski definition) is 1. The zero-order valence-corrected chi connectivity index (χ0v) is 19.6. The van der Waals surface area contributed by atoms with Gasteiger partial charge < -0.3 is 14.8 Å². The molecule has 6 nitrogen and oxygen atoms in total. The van der Waals surface area contributed by atoms with Crippen molar-refractivity contribution in [3.05, 3.63) is 47.8 Å². The van der Waals surface area contributed by atoms with Gasteiger partial charge in [0.05, 0.1) is 24.2 Å². The van der Waals surface area contributed by atoms with Crippen molar-refractivity contribution in [1.29, 1.82) is 0 Å². The third-order valence-electron chi connectivity index (χ3n) is 4.36. The quantitative estimate of drug-likeness (QED) is 0.606. The average molecular weight is 437 g/mol. The molecule has 0 saturated carbocycles. The number of aromatic nitrogens is 2. The molecular weight excluding hydrogens is 404 g/mol. The van der Waals surface area contributed by atoms with E-state index in [1.165, 1.54) is 0 Å². The Morgan fingerprint density at radius 1 is 1.21 bits per heavy atom. The van der Waals surface area contributed by atoms with Crippen molar-refractivity contribution in [2.75, 3.05) is 6.54 Å². The predicted molar refractivity (Wildman–Crippen MR) is 121 cm³/mol. The Bertz CT molecular complexity index is 906. The van der Waals surface area contributed by atoms with Gasteiger partial charge in [-0.15, -0.1) is 0 Å². The molecule has 0 aliphatic rings. The van der Waals surface area contributed by atoms with Gasteiger partial charge in [-0.2, -0.15) is 0 Å². The van der Waals surface area contributed by atoms with Crippen LogP contribution in [0.1, 0.15) is 45.9 Å². The topological polar surface area (TPSA) is 67.2 Å². The molecule has 0 atom stereocenters. The Kier molecular flexibility index (Phi) is 8.22. The van der Waals surface area contributed by atoms with Crippen LogP contribution in [-0.4, -0.2) is 40.6 Å². The van der Waals surface area contributed by atoms with Gasteiger partial charge in [-0.1, -0.05) is 44.2 Å². The lowest BCUT2D eigenvalue weighted by atomic mass is 10.2. The lowest BCUT2D eigenvalue weighted by Gasteiger charge is -2.26. The fourth-order valence-electron chi connectivity index (χ4n) is 3.05. The molecule has 8 heteroatoms. The van der Waals surface area contributed by atoms with Gasteiger partial charge in [0.2, 0.25) is 15.0 Å². The first-order chi connectivity index (χ1) is 13.6. The summed E-state index contributed by atoms with van der Waals surface area (Å²) in [4.78, 5) is 6.35. The smallest absolute Gasteiger partial charge is 0.228 e. The van der Waals surface area contributed by atoms with Crippen LogP contribution in [0.3, 0.4) is 0 Å². The van der Waals surface area contributed by atoms with Crippen LogP contribution in [0.25, 0.3) is 0 Å². The molecule has 2 rings (SSSR count). The molecular formula is C21H32N4O2S2. The lowest BCUT2D eigenvalue weighted by Crippen LogP contribution is -2.42. The van der Waals surface area contributed by atoms with Crippen LogP contribution < -0.4 is 5.32 Å². The number of rotatable bonds is 9. The fraction of sp³-hybridized carbons (Fsp3) is 0.524. The zero-order valence-electron chi connectivity index (χ0n) is 17.9. The van der Waals surface area contributed by atoms with Crippen molar-refractivity contribution in [3.63, 3.8) is 0 Å². The summed E-state index contributed by atoms with van der Waals surface area (Å²) in [7, 11) is -3.57. The monoisotopic (exact) mass is 436 g/mol. The molecule has 0 saturated heterocycles. The number of sulfone groups is 1. The third kappa shape index (κ3) is 6.54. The molecule has 160 valence electrons. The molecule has 0 spiro atoms. The predicted octanol–water partition coefficient (Wildman–Crippen LogP) is 3.62. The van der Waals surface area contributed by atoms with Gasteiger partial charge in [0.25, 0.3) is 0 Å². The molecule has 0 amide bonds. The first-order valence-electron chi connectivity index (χ1n) is 10.0. The van der Waals surface area contributed by atoms with Crippen LogP contribution in [0.4, 0.5) is 0 Å². The van der Waals surface area contributed by atoms with E-state index in [4.69, 9.17) is 12.2 Å². The van der Waals surface area contributed by atoms with E-state index in [2.05, 4.69) is 24.1 Å². The molecule has 0 unspecified atom stereocenters. The van der Waals surface area contributed by atoms with Crippen molar-refractivity contribution in [2.24, 2.45) is 5.92 Å². The molecule has 0 aliphatic heterocycles. The lowest BCUT2D eigenvalue weighted by molar-refractivity contribution is 0.390. The van der Waals surface area contributed by atoms with E-state index < -0.39 is 9.84 Å². The summed E-state index contributed by atoms with van der Waals surface area (Å²) in [6.45, 7) is 12.1. The highest BCUT2D eigenvalue weighted by molar-refractivity contribution is 7.90. The summed E-state index contributed by atoms with van der Waals surface area (Å²) in [5.41, 5.74) is 1.60. The van der Waals surface area contributed by atoms with Crippen molar-refractivity contribution in [3.8, 4) is 0 Å². The third-order valence-corrected chi connectivity index (χ3v) is 6.33. The molecule has 29 heavy (non-hydrogen) atoms. The summed E-state index contributed by atoms with van der Waals surface area (Å²) in [5.74, 6) is 0.220. The second kappa shape index (κ2) is 10.2. The minimum atomic E-state index is -3.57. The highest BCUT2D eigenvalue weighted by atomic mass is 32.2. The molecule has 0 fully saturated rings. The first-order valence-corrected chi connectivity index (χ1v) is 12.1. The number of benzene rings is 1. The second-order valence-electron chi connectivity index (χ2n) is 7.90. The minimum absolute atomic E-state index is 0.0623. The zero-order chi connectivity index (χ0) is 21.6. The van der Waals surface area contributed by atoms with E-state index in [1.807, 2.05) is 60.6 Å². The van der Waals surface area contributed by atoms with Crippen molar-refractivity contribution in [2.45, 2.75) is 64.7 Å². The van der Waals surface area contributed by atoms with E-state index in [1.54, 1.807) is 6.20 Å².